The van der Waals surface area contributed by atoms with Gasteiger partial charge in [0.05, 0.1) is 33.8 Å². The minimum atomic E-state index is -4.45. The number of hydrogen-bond acceptors (Lipinski definition) is 6. The molecular formula is C75H146N2O7P+. The van der Waals surface area contributed by atoms with Gasteiger partial charge in [-0.3, -0.25) is 18.6 Å². The van der Waals surface area contributed by atoms with Gasteiger partial charge in [-0.1, -0.05) is 340 Å². The monoisotopic (exact) mass is 1220 g/mol. The highest BCUT2D eigenvalue weighted by molar-refractivity contribution is 7.47. The van der Waals surface area contributed by atoms with Crippen LogP contribution in [0.4, 0.5) is 0 Å². The molecule has 0 spiro atoms. The number of likely N-dealkylation sites (N-methyl/N-ethyl adjacent to an activating group) is 1. The van der Waals surface area contributed by atoms with Gasteiger partial charge in [-0.15, -0.1) is 0 Å². The maximum Gasteiger partial charge on any atom is 0.472 e. The lowest BCUT2D eigenvalue weighted by atomic mass is 10.0. The van der Waals surface area contributed by atoms with E-state index in [2.05, 4.69) is 56.5 Å². The number of ether oxygens (including phenoxy) is 1. The molecule has 502 valence electrons. The number of amides is 1. The number of unbranched alkanes of at least 4 members (excludes halogenated alkanes) is 49. The number of rotatable bonds is 69. The van der Waals surface area contributed by atoms with Gasteiger partial charge in [-0.05, 0) is 63.9 Å². The van der Waals surface area contributed by atoms with Gasteiger partial charge in [0.1, 0.15) is 19.3 Å². The molecule has 0 aliphatic carbocycles. The molecule has 10 heteroatoms. The summed E-state index contributed by atoms with van der Waals surface area (Å²) in [6.07, 6.45) is 81.6. The Hall–Kier alpha value is -1.77. The van der Waals surface area contributed by atoms with E-state index in [-0.39, 0.29) is 25.1 Å². The molecule has 0 aliphatic rings. The van der Waals surface area contributed by atoms with Crippen molar-refractivity contribution in [3.8, 4) is 0 Å². The molecule has 0 saturated carbocycles. The van der Waals surface area contributed by atoms with Crippen molar-refractivity contribution < 1.29 is 37.3 Å². The van der Waals surface area contributed by atoms with Crippen LogP contribution in [0.3, 0.4) is 0 Å². The summed E-state index contributed by atoms with van der Waals surface area (Å²) in [5.41, 5.74) is 0. The molecule has 0 aliphatic heterocycles. The second-order valence-electron chi connectivity index (χ2n) is 26.8. The predicted octanol–water partition coefficient (Wildman–Crippen LogP) is 23.8. The van der Waals surface area contributed by atoms with Gasteiger partial charge >= 0.3 is 13.8 Å². The third-order valence-corrected chi connectivity index (χ3v) is 18.1. The maximum atomic E-state index is 13.6. The van der Waals surface area contributed by atoms with Gasteiger partial charge < -0.3 is 19.4 Å². The fourth-order valence-electron chi connectivity index (χ4n) is 11.3. The summed E-state index contributed by atoms with van der Waals surface area (Å²) >= 11 is 0. The lowest BCUT2D eigenvalue weighted by Crippen LogP contribution is -2.47. The highest BCUT2D eigenvalue weighted by atomic mass is 31.2. The van der Waals surface area contributed by atoms with E-state index in [0.717, 1.165) is 64.2 Å². The average Bonchev–Trinajstić information content (AvgIpc) is 3.48. The Morgan fingerprint density at radius 3 is 1.08 bits per heavy atom. The molecule has 0 rings (SSSR count). The van der Waals surface area contributed by atoms with Gasteiger partial charge in [0.15, 0.2) is 0 Å². The number of phosphoric acid groups is 1. The molecule has 0 radical (unpaired) electrons. The van der Waals surface area contributed by atoms with E-state index < -0.39 is 20.0 Å². The van der Waals surface area contributed by atoms with E-state index in [1.165, 1.54) is 283 Å². The highest BCUT2D eigenvalue weighted by Gasteiger charge is 2.30. The smallest absolute Gasteiger partial charge is 0.456 e. The number of nitrogens with zero attached hydrogens (tertiary/aromatic N) is 1. The van der Waals surface area contributed by atoms with Crippen LogP contribution in [0.2, 0.25) is 0 Å². The summed E-state index contributed by atoms with van der Waals surface area (Å²) in [5.74, 6) is -0.485. The Kier molecular flexibility index (Phi) is 63.8. The van der Waals surface area contributed by atoms with Gasteiger partial charge in [0.2, 0.25) is 5.91 Å². The van der Waals surface area contributed by atoms with Gasteiger partial charge in [0, 0.05) is 12.8 Å². The first kappa shape index (κ1) is 83.2. The SMILES string of the molecule is CCCCC/C=C\C/C=C\CCCCCCCCCCCCCC(=O)OC(/C=C/CCCCCCCCCCCCC)C(COP(=O)(O)OCC[N+](C)(C)C)NC(=O)CCCCCCCCCCCCCCCCCCCCCCCCCCC. The summed E-state index contributed by atoms with van der Waals surface area (Å²) < 4.78 is 30.9. The zero-order valence-electron chi connectivity index (χ0n) is 57.6. The van der Waals surface area contributed by atoms with E-state index in [0.29, 0.717) is 23.9 Å². The molecule has 0 aromatic heterocycles. The van der Waals surface area contributed by atoms with Crippen LogP contribution in [0.5, 0.6) is 0 Å². The summed E-state index contributed by atoms with van der Waals surface area (Å²) in [6, 6.07) is -0.846. The molecule has 0 aromatic rings. The zero-order valence-corrected chi connectivity index (χ0v) is 58.5. The van der Waals surface area contributed by atoms with E-state index in [4.69, 9.17) is 13.8 Å². The van der Waals surface area contributed by atoms with Crippen molar-refractivity contribution in [3.05, 3.63) is 36.5 Å². The Bertz CT molecular complexity index is 1550. The van der Waals surface area contributed by atoms with Crippen molar-refractivity contribution in [2.24, 2.45) is 0 Å². The molecule has 2 N–H and O–H groups in total. The van der Waals surface area contributed by atoms with Crippen molar-refractivity contribution in [1.82, 2.24) is 5.32 Å². The molecule has 0 fully saturated rings. The molecule has 1 amide bonds. The number of allylic oxidation sites excluding steroid dienone is 5. The quantitative estimate of drug-likeness (QED) is 0.0205. The molecule has 3 unspecified atom stereocenters. The second kappa shape index (κ2) is 65.2. The number of phosphoric ester groups is 1. The van der Waals surface area contributed by atoms with Crippen LogP contribution in [0.25, 0.3) is 0 Å². The van der Waals surface area contributed by atoms with E-state index in [9.17, 15) is 19.0 Å². The summed E-state index contributed by atoms with van der Waals surface area (Å²) in [7, 11) is 1.51. The fraction of sp³-hybridized carbons (Fsp3) is 0.893. The Labute approximate surface area is 529 Å². The molecule has 85 heavy (non-hydrogen) atoms. The van der Waals surface area contributed by atoms with E-state index in [1.54, 1.807) is 0 Å². The Morgan fingerprint density at radius 2 is 0.718 bits per heavy atom. The molecule has 3 atom stereocenters. The number of quaternary nitrogens is 1. The molecule has 0 aromatic carbocycles. The van der Waals surface area contributed by atoms with Crippen LogP contribution in [0, 0.1) is 0 Å². The van der Waals surface area contributed by atoms with Crippen LogP contribution < -0.4 is 5.32 Å². The Morgan fingerprint density at radius 1 is 0.412 bits per heavy atom. The molecule has 0 bridgehead atoms. The number of carbonyl (C=O) groups is 2. The Balaban J connectivity index is 5.02. The van der Waals surface area contributed by atoms with E-state index >= 15 is 0 Å². The van der Waals surface area contributed by atoms with Crippen molar-refractivity contribution in [2.75, 3.05) is 40.9 Å². The zero-order chi connectivity index (χ0) is 62.1. The highest BCUT2D eigenvalue weighted by Crippen LogP contribution is 2.43. The lowest BCUT2D eigenvalue weighted by Gasteiger charge is -2.27. The predicted molar refractivity (Wildman–Crippen MR) is 369 cm³/mol. The first-order chi connectivity index (χ1) is 41.4. The van der Waals surface area contributed by atoms with Crippen molar-refractivity contribution in [3.63, 3.8) is 0 Å². The largest absolute Gasteiger partial charge is 0.472 e. The lowest BCUT2D eigenvalue weighted by molar-refractivity contribution is -0.870. The first-order valence-electron chi connectivity index (χ1n) is 37.3. The first-order valence-corrected chi connectivity index (χ1v) is 38.8. The van der Waals surface area contributed by atoms with Gasteiger partial charge in [-0.2, -0.15) is 0 Å². The average molecular weight is 1220 g/mol. The molecular weight excluding hydrogens is 1070 g/mol. The van der Waals surface area contributed by atoms with Crippen LogP contribution in [0.15, 0.2) is 36.5 Å². The normalized spacial score (nSPS) is 13.6. The van der Waals surface area contributed by atoms with Crippen molar-refractivity contribution in [1.29, 1.82) is 0 Å². The third kappa shape index (κ3) is 66.5. The fourth-order valence-corrected chi connectivity index (χ4v) is 12.1. The molecule has 9 nitrogen and oxygen atoms in total. The minimum absolute atomic E-state index is 0.0431. The van der Waals surface area contributed by atoms with Crippen molar-refractivity contribution >= 4 is 19.7 Å². The topological polar surface area (TPSA) is 111 Å². The van der Waals surface area contributed by atoms with Crippen LogP contribution >= 0.6 is 7.82 Å². The third-order valence-electron chi connectivity index (χ3n) is 17.1. The maximum absolute atomic E-state index is 13.6. The van der Waals surface area contributed by atoms with Crippen LogP contribution in [-0.2, 0) is 27.9 Å². The second-order valence-corrected chi connectivity index (χ2v) is 28.3. The number of carbonyl (C=O) groups excluding carboxylic acids is 2. The molecule has 0 heterocycles. The van der Waals surface area contributed by atoms with Crippen LogP contribution in [0.1, 0.15) is 380 Å². The number of nitrogens with one attached hydrogen (secondary N) is 1. The van der Waals surface area contributed by atoms with Gasteiger partial charge in [0.25, 0.3) is 0 Å². The van der Waals surface area contributed by atoms with Gasteiger partial charge in [-0.25, -0.2) is 4.57 Å². The van der Waals surface area contributed by atoms with Crippen LogP contribution in [-0.4, -0.2) is 74.3 Å². The molecule has 0 saturated heterocycles. The number of esters is 1. The summed E-state index contributed by atoms with van der Waals surface area (Å²) in [5, 5.41) is 3.08. The van der Waals surface area contributed by atoms with E-state index in [1.807, 2.05) is 27.2 Å². The summed E-state index contributed by atoms with van der Waals surface area (Å²) in [6.45, 7) is 7.06. The van der Waals surface area contributed by atoms with Crippen molar-refractivity contribution in [2.45, 2.75) is 392 Å². The standard InChI is InChI=1S/C75H145N2O7P/c1-7-10-13-16-19-22-25-28-30-32-34-36-37-38-39-41-42-44-46-49-52-55-58-61-64-67-74(78)76-72(71-83-85(80,81)82-70-69-77(4,5)6)73(66-63-60-57-54-51-48-27-24-21-18-15-12-9-3)84-75(79)68-65-62-59-56-53-50-47-45-43-40-35-33-31-29-26-23-20-17-14-11-8-2/h20,23,29,31,63,66,72-73H,7-19,21-22,24-28,30,32-62,64-65,67-71H2,1-6H3,(H-,76,78,80,81)/p+1/b23-20-,31-29-,66-63+. The number of hydrogen-bond donors (Lipinski definition) is 2. The summed E-state index contributed by atoms with van der Waals surface area (Å²) in [4.78, 5) is 38.0. The minimum Gasteiger partial charge on any atom is -0.456 e.